The molecule has 7 heteroatoms. The topological polar surface area (TPSA) is 79.8 Å². The van der Waals surface area contributed by atoms with Gasteiger partial charge >= 0.3 is 0 Å². The number of likely N-dealkylation sites (tertiary alicyclic amines) is 1. The summed E-state index contributed by atoms with van der Waals surface area (Å²) in [5, 5.41) is 4.95. The summed E-state index contributed by atoms with van der Waals surface area (Å²) in [4.78, 5) is 23.3. The van der Waals surface area contributed by atoms with Gasteiger partial charge in [-0.15, -0.1) is 0 Å². The van der Waals surface area contributed by atoms with Crippen LogP contribution in [0.15, 0.2) is 12.3 Å². The standard InChI is InChI=1S/C34H58N6O/c1-7-9-18-34(6,8-2)19-13-10-11-15-25(3)27(5)33(41)39-20-14-12-16-30(39)29-22-31-36-32(26(4)23-40(31)37-29)38-21-17-28(35)24-38/h22-23,25,27-28,30H,7-21,24,35H2,1-6H3. The van der Waals surface area contributed by atoms with E-state index in [2.05, 4.69) is 63.6 Å². The third-order valence-corrected chi connectivity index (χ3v) is 10.4. The number of aromatic nitrogens is 3. The first-order chi connectivity index (χ1) is 19.7. The van der Waals surface area contributed by atoms with Crippen molar-refractivity contribution in [2.75, 3.05) is 24.5 Å². The van der Waals surface area contributed by atoms with Crippen LogP contribution in [0.1, 0.15) is 135 Å². The van der Waals surface area contributed by atoms with Crippen molar-refractivity contribution in [3.05, 3.63) is 23.5 Å². The van der Waals surface area contributed by atoms with Crippen molar-refractivity contribution < 1.29 is 4.79 Å². The van der Waals surface area contributed by atoms with Crippen molar-refractivity contribution in [3.8, 4) is 0 Å². The molecule has 1 amide bonds. The molecule has 2 aliphatic rings. The Balaban J connectivity index is 1.35. The molecular weight excluding hydrogens is 508 g/mol. The highest BCUT2D eigenvalue weighted by molar-refractivity contribution is 5.79. The minimum absolute atomic E-state index is 0.0319. The number of unbranched alkanes of at least 4 members (excludes halogenated alkanes) is 3. The summed E-state index contributed by atoms with van der Waals surface area (Å²) < 4.78 is 1.90. The van der Waals surface area contributed by atoms with Crippen LogP contribution < -0.4 is 10.6 Å². The molecule has 7 nitrogen and oxygen atoms in total. The first-order valence-corrected chi connectivity index (χ1v) is 16.8. The number of fused-ring (bicyclic) bond motifs is 1. The van der Waals surface area contributed by atoms with Crippen molar-refractivity contribution in [3.63, 3.8) is 0 Å². The monoisotopic (exact) mass is 566 g/mol. The number of nitrogens with two attached hydrogens (primary N) is 1. The molecule has 0 bridgehead atoms. The van der Waals surface area contributed by atoms with Gasteiger partial charge in [0.25, 0.3) is 0 Å². The number of carbonyl (C=O) groups excluding carboxylic acids is 1. The highest BCUT2D eigenvalue weighted by Gasteiger charge is 2.34. The molecule has 0 aliphatic carbocycles. The number of aryl methyl sites for hydroxylation is 1. The van der Waals surface area contributed by atoms with Crippen molar-refractivity contribution in [1.29, 1.82) is 0 Å². The SMILES string of the molecule is CCCCC(C)(CC)CCCCCC(C)C(C)C(=O)N1CCCCC1c1cc2nc(N3CCC(N)C3)c(C)cn2n1. The Hall–Kier alpha value is -2.15. The van der Waals surface area contributed by atoms with Gasteiger partial charge in [-0.2, -0.15) is 5.10 Å². The van der Waals surface area contributed by atoms with Gasteiger partial charge in [-0.1, -0.05) is 73.1 Å². The molecule has 2 saturated heterocycles. The Bertz CT molecular complexity index is 1130. The van der Waals surface area contributed by atoms with Crippen LogP contribution in [0.25, 0.3) is 5.65 Å². The second kappa shape index (κ2) is 14.3. The largest absolute Gasteiger partial charge is 0.355 e. The fourth-order valence-corrected chi connectivity index (χ4v) is 7.02. The molecule has 2 aliphatic heterocycles. The summed E-state index contributed by atoms with van der Waals surface area (Å²) in [6.07, 6.45) is 17.8. The lowest BCUT2D eigenvalue weighted by atomic mass is 9.77. The van der Waals surface area contributed by atoms with Crippen molar-refractivity contribution in [2.45, 2.75) is 137 Å². The zero-order valence-electron chi connectivity index (χ0n) is 27.0. The van der Waals surface area contributed by atoms with Crippen LogP contribution in [-0.2, 0) is 4.79 Å². The lowest BCUT2D eigenvalue weighted by molar-refractivity contribution is -0.140. The molecule has 230 valence electrons. The van der Waals surface area contributed by atoms with Gasteiger partial charge in [-0.05, 0) is 63.2 Å². The molecule has 5 unspecified atom stereocenters. The van der Waals surface area contributed by atoms with E-state index in [0.717, 1.165) is 74.5 Å². The van der Waals surface area contributed by atoms with Crippen molar-refractivity contribution >= 4 is 17.4 Å². The molecule has 2 aromatic heterocycles. The maximum atomic E-state index is 13.9. The highest BCUT2D eigenvalue weighted by Crippen LogP contribution is 2.36. The molecule has 0 spiro atoms. The predicted octanol–water partition coefficient (Wildman–Crippen LogP) is 7.46. The first kappa shape index (κ1) is 31.8. The molecule has 5 atom stereocenters. The van der Waals surface area contributed by atoms with E-state index in [1.165, 1.54) is 51.4 Å². The zero-order chi connectivity index (χ0) is 29.6. The first-order valence-electron chi connectivity index (χ1n) is 16.8. The summed E-state index contributed by atoms with van der Waals surface area (Å²) in [5.41, 5.74) is 9.61. The van der Waals surface area contributed by atoms with Crippen molar-refractivity contribution in [1.82, 2.24) is 19.5 Å². The zero-order valence-corrected chi connectivity index (χ0v) is 27.0. The average molecular weight is 567 g/mol. The van der Waals surface area contributed by atoms with Gasteiger partial charge in [-0.25, -0.2) is 9.50 Å². The Kier molecular flexibility index (Phi) is 11.1. The van der Waals surface area contributed by atoms with Crippen LogP contribution >= 0.6 is 0 Å². The second-order valence-corrected chi connectivity index (χ2v) is 13.8. The smallest absolute Gasteiger partial charge is 0.226 e. The number of rotatable bonds is 14. The summed E-state index contributed by atoms with van der Waals surface area (Å²) in [7, 11) is 0. The van der Waals surface area contributed by atoms with Crippen LogP contribution in [0, 0.1) is 24.2 Å². The summed E-state index contributed by atoms with van der Waals surface area (Å²) >= 11 is 0. The molecule has 0 saturated carbocycles. The normalized spacial score (nSPS) is 22.7. The van der Waals surface area contributed by atoms with Crippen molar-refractivity contribution in [2.24, 2.45) is 23.0 Å². The van der Waals surface area contributed by atoms with Gasteiger partial charge < -0.3 is 15.5 Å². The van der Waals surface area contributed by atoms with Gasteiger partial charge in [-0.3, -0.25) is 4.79 Å². The average Bonchev–Trinajstić information content (AvgIpc) is 3.60. The van der Waals surface area contributed by atoms with Gasteiger partial charge in [0, 0.05) is 49.4 Å². The second-order valence-electron chi connectivity index (χ2n) is 13.8. The third kappa shape index (κ3) is 7.82. The fraction of sp³-hybridized carbons (Fsp3) is 0.794. The van der Waals surface area contributed by atoms with E-state index in [1.54, 1.807) is 0 Å². The van der Waals surface area contributed by atoms with Crippen LogP contribution in [0.2, 0.25) is 0 Å². The van der Waals surface area contributed by atoms with E-state index < -0.39 is 0 Å². The van der Waals surface area contributed by atoms with Gasteiger partial charge in [0.1, 0.15) is 5.82 Å². The molecular formula is C34H58N6O. The Morgan fingerprint density at radius 3 is 2.59 bits per heavy atom. The van der Waals surface area contributed by atoms with E-state index in [9.17, 15) is 4.79 Å². The maximum absolute atomic E-state index is 13.9. The summed E-state index contributed by atoms with van der Waals surface area (Å²) in [6.45, 7) is 16.3. The van der Waals surface area contributed by atoms with Crippen LogP contribution in [0.3, 0.4) is 0 Å². The molecule has 0 aromatic carbocycles. The lowest BCUT2D eigenvalue weighted by Crippen LogP contribution is -2.42. The maximum Gasteiger partial charge on any atom is 0.226 e. The summed E-state index contributed by atoms with van der Waals surface area (Å²) in [5.74, 6) is 1.73. The molecule has 2 fully saturated rings. The Morgan fingerprint density at radius 1 is 1.10 bits per heavy atom. The minimum Gasteiger partial charge on any atom is -0.355 e. The number of anilines is 1. The van der Waals surface area contributed by atoms with E-state index in [0.29, 0.717) is 17.2 Å². The molecule has 41 heavy (non-hydrogen) atoms. The number of nitrogens with zero attached hydrogens (tertiary/aromatic N) is 5. The van der Waals surface area contributed by atoms with Crippen LogP contribution in [-0.4, -0.2) is 51.1 Å². The summed E-state index contributed by atoms with van der Waals surface area (Å²) in [6, 6.07) is 2.35. The molecule has 4 heterocycles. The van der Waals surface area contributed by atoms with Crippen LogP contribution in [0.5, 0.6) is 0 Å². The van der Waals surface area contributed by atoms with Crippen LogP contribution in [0.4, 0.5) is 5.82 Å². The highest BCUT2D eigenvalue weighted by atomic mass is 16.2. The van der Waals surface area contributed by atoms with Gasteiger partial charge in [0.2, 0.25) is 5.91 Å². The number of hydrogen-bond acceptors (Lipinski definition) is 5. The van der Waals surface area contributed by atoms with E-state index in [4.69, 9.17) is 15.8 Å². The molecule has 2 aromatic rings. The fourth-order valence-electron chi connectivity index (χ4n) is 7.02. The van der Waals surface area contributed by atoms with E-state index >= 15 is 0 Å². The van der Waals surface area contributed by atoms with E-state index in [1.807, 2.05) is 4.52 Å². The Morgan fingerprint density at radius 2 is 1.88 bits per heavy atom. The van der Waals surface area contributed by atoms with Gasteiger partial charge in [0.15, 0.2) is 5.65 Å². The quantitative estimate of drug-likeness (QED) is 0.240. The van der Waals surface area contributed by atoms with E-state index in [-0.39, 0.29) is 18.0 Å². The van der Waals surface area contributed by atoms with Gasteiger partial charge in [0.05, 0.1) is 11.7 Å². The Labute approximate surface area is 249 Å². The number of hydrogen-bond donors (Lipinski definition) is 1. The minimum atomic E-state index is 0.0319. The predicted molar refractivity (Wildman–Crippen MR) is 170 cm³/mol. The number of carbonyl (C=O) groups is 1. The number of piperidine rings is 1. The molecule has 0 radical (unpaired) electrons. The lowest BCUT2D eigenvalue weighted by Gasteiger charge is -2.37. The molecule has 4 rings (SSSR count). The molecule has 2 N–H and O–H groups in total. The third-order valence-electron chi connectivity index (χ3n) is 10.4. The number of amides is 1.